The van der Waals surface area contributed by atoms with Crippen molar-refractivity contribution in [3.63, 3.8) is 0 Å². The largest absolute Gasteiger partial charge is 0.378 e. The molecule has 6 heteroatoms. The van der Waals surface area contributed by atoms with E-state index in [1.165, 1.54) is 0 Å². The van der Waals surface area contributed by atoms with Gasteiger partial charge in [-0.25, -0.2) is 0 Å². The number of morpholine rings is 1. The Morgan fingerprint density at radius 2 is 1.75 bits per heavy atom. The first-order valence-corrected chi connectivity index (χ1v) is 8.64. The second kappa shape index (κ2) is 6.30. The van der Waals surface area contributed by atoms with E-state index in [9.17, 15) is 9.59 Å². The lowest BCUT2D eigenvalue weighted by molar-refractivity contribution is -0.130. The highest BCUT2D eigenvalue weighted by Crippen LogP contribution is 2.45. The van der Waals surface area contributed by atoms with Gasteiger partial charge in [0, 0.05) is 22.9 Å². The van der Waals surface area contributed by atoms with Crippen molar-refractivity contribution >= 4 is 34.8 Å². The second-order valence-electron chi connectivity index (χ2n) is 5.64. The number of benzene rings is 2. The minimum atomic E-state index is -0.471. The van der Waals surface area contributed by atoms with Crippen molar-refractivity contribution in [2.24, 2.45) is 0 Å². The van der Waals surface area contributed by atoms with Crippen LogP contribution < -0.4 is 5.32 Å². The number of hydrogen-bond donors (Lipinski definition) is 1. The molecule has 0 radical (unpaired) electrons. The van der Waals surface area contributed by atoms with Crippen LogP contribution in [0.5, 0.6) is 0 Å². The molecular formula is C18H16N2O3S. The van der Waals surface area contributed by atoms with Crippen molar-refractivity contribution in [2.75, 3.05) is 31.6 Å². The monoisotopic (exact) mass is 340 g/mol. The van der Waals surface area contributed by atoms with Gasteiger partial charge in [0.1, 0.15) is 0 Å². The van der Waals surface area contributed by atoms with Crippen LogP contribution in [0.25, 0.3) is 0 Å². The van der Waals surface area contributed by atoms with Crippen molar-refractivity contribution in [3.05, 3.63) is 48.0 Å². The van der Waals surface area contributed by atoms with Crippen molar-refractivity contribution < 1.29 is 14.3 Å². The van der Waals surface area contributed by atoms with Crippen molar-refractivity contribution in [3.8, 4) is 0 Å². The Balaban J connectivity index is 1.65. The molecule has 1 N–H and O–H groups in total. The van der Waals surface area contributed by atoms with E-state index in [2.05, 4.69) is 5.32 Å². The van der Waals surface area contributed by atoms with Crippen LogP contribution in [0, 0.1) is 0 Å². The summed E-state index contributed by atoms with van der Waals surface area (Å²) in [4.78, 5) is 28.9. The summed E-state index contributed by atoms with van der Waals surface area (Å²) in [5.41, 5.74) is 2.09. The van der Waals surface area contributed by atoms with E-state index >= 15 is 0 Å². The molecule has 0 unspecified atom stereocenters. The summed E-state index contributed by atoms with van der Waals surface area (Å²) >= 11 is 1.60. The minimum Gasteiger partial charge on any atom is -0.378 e. The fourth-order valence-electron chi connectivity index (χ4n) is 2.87. The Labute approximate surface area is 144 Å². The number of para-hydroxylation sites is 2. The fourth-order valence-corrected chi connectivity index (χ4v) is 3.89. The number of carbonyl (C=O) groups is 2. The molecule has 1 saturated heterocycles. The average Bonchev–Trinajstić information content (AvgIpc) is 2.65. The summed E-state index contributed by atoms with van der Waals surface area (Å²) in [7, 11) is 0. The Kier molecular flexibility index (Phi) is 4.00. The van der Waals surface area contributed by atoms with Crippen molar-refractivity contribution in [1.82, 2.24) is 4.90 Å². The van der Waals surface area contributed by atoms with E-state index in [-0.39, 0.29) is 0 Å². The first-order valence-electron chi connectivity index (χ1n) is 7.82. The average molecular weight is 340 g/mol. The van der Waals surface area contributed by atoms with Crippen LogP contribution in [0.4, 0.5) is 11.4 Å². The zero-order chi connectivity index (χ0) is 16.5. The van der Waals surface area contributed by atoms with Crippen LogP contribution in [0.2, 0.25) is 0 Å². The number of ether oxygens (including phenoxy) is 1. The van der Waals surface area contributed by atoms with Gasteiger partial charge in [-0.15, -0.1) is 0 Å². The highest BCUT2D eigenvalue weighted by atomic mass is 32.2. The Morgan fingerprint density at radius 3 is 2.58 bits per heavy atom. The molecule has 0 spiro atoms. The molecular weight excluding hydrogens is 324 g/mol. The molecule has 122 valence electrons. The number of fused-ring (bicyclic) bond motifs is 2. The molecule has 0 atom stereocenters. The van der Waals surface area contributed by atoms with Crippen molar-refractivity contribution in [2.45, 2.75) is 9.79 Å². The molecule has 2 aliphatic heterocycles. The highest BCUT2D eigenvalue weighted by Gasteiger charge is 2.29. The molecule has 0 saturated carbocycles. The highest BCUT2D eigenvalue weighted by molar-refractivity contribution is 7.99. The summed E-state index contributed by atoms with van der Waals surface area (Å²) in [5.74, 6) is -0.932. The van der Waals surface area contributed by atoms with Crippen LogP contribution in [-0.4, -0.2) is 42.9 Å². The zero-order valence-corrected chi connectivity index (χ0v) is 13.8. The molecule has 1 amide bonds. The quantitative estimate of drug-likeness (QED) is 0.574. The summed E-state index contributed by atoms with van der Waals surface area (Å²) in [5, 5.41) is 3.31. The molecule has 2 heterocycles. The number of amides is 1. The van der Waals surface area contributed by atoms with Gasteiger partial charge in [-0.05, 0) is 24.3 Å². The number of carbonyl (C=O) groups excluding carboxylic acids is 2. The maximum Gasteiger partial charge on any atom is 0.295 e. The normalized spacial score (nSPS) is 15.9. The second-order valence-corrected chi connectivity index (χ2v) is 6.72. The predicted molar refractivity (Wildman–Crippen MR) is 92.0 cm³/mol. The van der Waals surface area contributed by atoms with E-state index in [0.29, 0.717) is 37.6 Å². The van der Waals surface area contributed by atoms with Gasteiger partial charge in [0.25, 0.3) is 11.7 Å². The lowest BCUT2D eigenvalue weighted by atomic mass is 10.1. The number of ketones is 1. The number of rotatable bonds is 2. The number of nitrogens with zero attached hydrogens (tertiary/aromatic N) is 1. The standard InChI is InChI=1S/C18H16N2O3S/c21-17(18(22)20-8-10-23-11-9-20)12-4-3-7-15-16(12)19-13-5-1-2-6-14(13)24-15/h1-7,19H,8-11H2. The van der Waals surface area contributed by atoms with Crippen LogP contribution in [0.15, 0.2) is 52.3 Å². The van der Waals surface area contributed by atoms with E-state index in [1.807, 2.05) is 36.4 Å². The van der Waals surface area contributed by atoms with Crippen molar-refractivity contribution in [1.29, 1.82) is 0 Å². The topological polar surface area (TPSA) is 58.6 Å². The minimum absolute atomic E-state index is 0.422. The molecule has 2 aromatic carbocycles. The van der Waals surface area contributed by atoms with Crippen LogP contribution >= 0.6 is 11.8 Å². The molecule has 1 fully saturated rings. The molecule has 2 aromatic rings. The lowest BCUT2D eigenvalue weighted by Crippen LogP contribution is -2.44. The third-order valence-electron chi connectivity index (χ3n) is 4.13. The summed E-state index contributed by atoms with van der Waals surface area (Å²) in [6.07, 6.45) is 0. The summed E-state index contributed by atoms with van der Waals surface area (Å²) < 4.78 is 5.24. The molecule has 24 heavy (non-hydrogen) atoms. The smallest absolute Gasteiger partial charge is 0.295 e. The molecule has 0 aromatic heterocycles. The Bertz CT molecular complexity index is 816. The van der Waals surface area contributed by atoms with Gasteiger partial charge in [-0.1, -0.05) is 30.0 Å². The number of Topliss-reactive ketones (excluding diaryl/α,β-unsaturated/α-hetero) is 1. The van der Waals surface area contributed by atoms with Gasteiger partial charge in [0.2, 0.25) is 0 Å². The molecule has 0 aliphatic carbocycles. The third-order valence-corrected chi connectivity index (χ3v) is 5.27. The van der Waals surface area contributed by atoms with Gasteiger partial charge in [0.15, 0.2) is 0 Å². The Morgan fingerprint density at radius 1 is 1.00 bits per heavy atom. The molecule has 0 bridgehead atoms. The molecule has 5 nitrogen and oxygen atoms in total. The summed E-state index contributed by atoms with van der Waals surface area (Å²) in [6.45, 7) is 1.88. The van der Waals surface area contributed by atoms with E-state index in [1.54, 1.807) is 22.7 Å². The zero-order valence-electron chi connectivity index (χ0n) is 13.0. The SMILES string of the molecule is O=C(C(=O)N1CCOCC1)c1cccc2c1Nc1ccccc1S2. The van der Waals surface area contributed by atoms with Crippen LogP contribution in [-0.2, 0) is 9.53 Å². The predicted octanol–water partition coefficient (Wildman–Crippen LogP) is 2.94. The maximum atomic E-state index is 12.7. The number of nitrogens with one attached hydrogen (secondary N) is 1. The van der Waals surface area contributed by atoms with Gasteiger partial charge < -0.3 is 15.0 Å². The first kappa shape index (κ1) is 15.2. The van der Waals surface area contributed by atoms with Gasteiger partial charge in [-0.2, -0.15) is 0 Å². The van der Waals surface area contributed by atoms with Crippen LogP contribution in [0.3, 0.4) is 0 Å². The van der Waals surface area contributed by atoms with E-state index < -0.39 is 11.7 Å². The van der Waals surface area contributed by atoms with Gasteiger partial charge >= 0.3 is 0 Å². The number of anilines is 2. The third kappa shape index (κ3) is 2.68. The summed E-state index contributed by atoms with van der Waals surface area (Å²) in [6, 6.07) is 13.4. The fraction of sp³-hybridized carbons (Fsp3) is 0.222. The van der Waals surface area contributed by atoms with Gasteiger partial charge in [-0.3, -0.25) is 9.59 Å². The van der Waals surface area contributed by atoms with Crippen LogP contribution in [0.1, 0.15) is 10.4 Å². The van der Waals surface area contributed by atoms with E-state index in [0.717, 1.165) is 15.5 Å². The molecule has 2 aliphatic rings. The van der Waals surface area contributed by atoms with E-state index in [4.69, 9.17) is 4.74 Å². The van der Waals surface area contributed by atoms with Gasteiger partial charge in [0.05, 0.1) is 30.2 Å². The maximum absolute atomic E-state index is 12.7. The number of hydrogen-bond acceptors (Lipinski definition) is 5. The molecule has 4 rings (SSSR count). The first-order chi connectivity index (χ1) is 11.7. The Hall–Kier alpha value is -2.31. The lowest BCUT2D eigenvalue weighted by Gasteiger charge is -2.27.